The lowest BCUT2D eigenvalue weighted by Gasteiger charge is -2.12. The van der Waals surface area contributed by atoms with E-state index in [2.05, 4.69) is 15.3 Å². The highest BCUT2D eigenvalue weighted by atomic mass is 19.1. The van der Waals surface area contributed by atoms with E-state index in [1.165, 1.54) is 0 Å². The average molecular weight is 405 g/mol. The lowest BCUT2D eigenvalue weighted by molar-refractivity contribution is 0.0992. The van der Waals surface area contributed by atoms with Crippen LogP contribution in [0, 0.1) is 11.6 Å². The fourth-order valence-corrected chi connectivity index (χ4v) is 3.15. The number of nitrogens with one attached hydrogen (secondary N) is 1. The van der Waals surface area contributed by atoms with Gasteiger partial charge in [-0.25, -0.2) is 13.8 Å². The number of nitrogen functional groups attached to an aromatic ring is 1. The Bertz CT molecular complexity index is 1250. The summed E-state index contributed by atoms with van der Waals surface area (Å²) in [6, 6.07) is 14.9. The molecule has 0 spiro atoms. The van der Waals surface area contributed by atoms with Crippen molar-refractivity contribution in [3.63, 3.8) is 0 Å². The number of benzene rings is 2. The zero-order valence-corrected chi connectivity index (χ0v) is 15.7. The van der Waals surface area contributed by atoms with Gasteiger partial charge in [-0.15, -0.1) is 0 Å². The lowest BCUT2D eigenvalue weighted by Crippen LogP contribution is -2.15. The first-order chi connectivity index (χ1) is 14.4. The second-order valence-electron chi connectivity index (χ2n) is 6.70. The van der Waals surface area contributed by atoms with Gasteiger partial charge in [0.05, 0.1) is 16.9 Å². The molecule has 2 heterocycles. The summed E-state index contributed by atoms with van der Waals surface area (Å²) in [5.41, 5.74) is 13.0. The van der Waals surface area contributed by atoms with Crippen LogP contribution in [0.3, 0.4) is 0 Å². The van der Waals surface area contributed by atoms with Crippen LogP contribution in [0.1, 0.15) is 15.9 Å². The van der Waals surface area contributed by atoms with Crippen LogP contribution in [-0.4, -0.2) is 15.9 Å². The van der Waals surface area contributed by atoms with E-state index in [0.717, 1.165) is 28.6 Å². The number of primary amides is 1. The molecule has 4 rings (SSSR count). The van der Waals surface area contributed by atoms with E-state index in [4.69, 9.17) is 11.5 Å². The van der Waals surface area contributed by atoms with E-state index in [1.807, 2.05) is 30.3 Å². The van der Waals surface area contributed by atoms with E-state index in [0.29, 0.717) is 23.7 Å². The topological polar surface area (TPSA) is 107 Å². The second-order valence-corrected chi connectivity index (χ2v) is 6.70. The van der Waals surface area contributed by atoms with Crippen LogP contribution in [0.4, 0.5) is 20.3 Å². The maximum Gasteiger partial charge on any atom is 0.254 e. The number of hydrogen-bond acceptors (Lipinski definition) is 5. The lowest BCUT2D eigenvalue weighted by atomic mass is 10.1. The SMILES string of the molecule is NC(=O)c1c(F)cc(-c2ccc(N)c(NCc3ccc4ncccc4c3)n2)cc1F. The molecular formula is C22H17F2N5O. The molecule has 150 valence electrons. The minimum Gasteiger partial charge on any atom is -0.396 e. The molecule has 0 fully saturated rings. The molecule has 1 amide bonds. The van der Waals surface area contributed by atoms with Crippen LogP contribution in [0.5, 0.6) is 0 Å². The first-order valence-corrected chi connectivity index (χ1v) is 9.05. The van der Waals surface area contributed by atoms with Gasteiger partial charge in [-0.2, -0.15) is 0 Å². The Morgan fingerprint density at radius 1 is 1.03 bits per heavy atom. The molecule has 0 radical (unpaired) electrons. The number of anilines is 2. The third-order valence-corrected chi connectivity index (χ3v) is 4.64. The number of nitrogens with two attached hydrogens (primary N) is 2. The predicted molar refractivity (Wildman–Crippen MR) is 112 cm³/mol. The molecule has 0 bridgehead atoms. The molecule has 0 saturated carbocycles. The quantitative estimate of drug-likeness (QED) is 0.467. The number of nitrogens with zero attached hydrogens (tertiary/aromatic N) is 2. The summed E-state index contributed by atoms with van der Waals surface area (Å²) in [5.74, 6) is -2.89. The molecule has 4 aromatic rings. The summed E-state index contributed by atoms with van der Waals surface area (Å²) >= 11 is 0. The van der Waals surface area contributed by atoms with Crippen LogP contribution in [0.2, 0.25) is 0 Å². The van der Waals surface area contributed by atoms with Gasteiger partial charge in [-0.3, -0.25) is 9.78 Å². The Labute approximate surface area is 170 Å². The summed E-state index contributed by atoms with van der Waals surface area (Å²) in [6.07, 6.45) is 1.73. The summed E-state index contributed by atoms with van der Waals surface area (Å²) in [5, 5.41) is 4.15. The maximum absolute atomic E-state index is 14.1. The zero-order valence-electron chi connectivity index (χ0n) is 15.7. The van der Waals surface area contributed by atoms with Crippen LogP contribution in [-0.2, 0) is 6.54 Å². The minimum absolute atomic E-state index is 0.162. The third-order valence-electron chi connectivity index (χ3n) is 4.64. The molecule has 5 N–H and O–H groups in total. The molecule has 0 saturated heterocycles. The molecule has 0 atom stereocenters. The van der Waals surface area contributed by atoms with Crippen molar-refractivity contribution in [2.75, 3.05) is 11.1 Å². The molecule has 30 heavy (non-hydrogen) atoms. The fourth-order valence-electron chi connectivity index (χ4n) is 3.15. The Kier molecular flexibility index (Phi) is 4.97. The summed E-state index contributed by atoms with van der Waals surface area (Å²) < 4.78 is 28.2. The smallest absolute Gasteiger partial charge is 0.254 e. The molecule has 0 aliphatic carbocycles. The van der Waals surface area contributed by atoms with Gasteiger partial charge in [0.15, 0.2) is 0 Å². The third kappa shape index (κ3) is 3.75. The number of carbonyl (C=O) groups excluding carboxylic acids is 1. The van der Waals surface area contributed by atoms with Gasteiger partial charge in [-0.05, 0) is 48.0 Å². The fraction of sp³-hybridized carbons (Fsp3) is 0.0455. The molecule has 2 aromatic carbocycles. The number of rotatable bonds is 5. The number of aromatic nitrogens is 2. The number of carbonyl (C=O) groups is 1. The summed E-state index contributed by atoms with van der Waals surface area (Å²) in [6.45, 7) is 0.439. The molecule has 0 aliphatic heterocycles. The van der Waals surface area contributed by atoms with Gasteiger partial charge in [0.1, 0.15) is 23.0 Å². The second kappa shape index (κ2) is 7.75. The Hall–Kier alpha value is -4.07. The highest BCUT2D eigenvalue weighted by Gasteiger charge is 2.17. The van der Waals surface area contributed by atoms with E-state index in [9.17, 15) is 13.6 Å². The summed E-state index contributed by atoms with van der Waals surface area (Å²) in [7, 11) is 0. The Morgan fingerprint density at radius 2 is 1.80 bits per heavy atom. The monoisotopic (exact) mass is 405 g/mol. The first kappa shape index (κ1) is 19.3. The van der Waals surface area contributed by atoms with Crippen molar-refractivity contribution in [2.45, 2.75) is 6.54 Å². The number of fused-ring (bicyclic) bond motifs is 1. The Morgan fingerprint density at radius 3 is 2.53 bits per heavy atom. The largest absolute Gasteiger partial charge is 0.396 e. The van der Waals surface area contributed by atoms with Crippen molar-refractivity contribution in [3.8, 4) is 11.3 Å². The van der Waals surface area contributed by atoms with Gasteiger partial charge < -0.3 is 16.8 Å². The molecule has 0 aliphatic rings. The summed E-state index contributed by atoms with van der Waals surface area (Å²) in [4.78, 5) is 19.9. The molecule has 8 heteroatoms. The first-order valence-electron chi connectivity index (χ1n) is 9.05. The number of halogens is 2. The van der Waals surface area contributed by atoms with Gasteiger partial charge in [0.2, 0.25) is 0 Å². The van der Waals surface area contributed by atoms with Crippen molar-refractivity contribution < 1.29 is 13.6 Å². The van der Waals surface area contributed by atoms with Crippen LogP contribution in [0.15, 0.2) is 60.8 Å². The average Bonchev–Trinajstić information content (AvgIpc) is 2.72. The van der Waals surface area contributed by atoms with E-state index in [1.54, 1.807) is 18.3 Å². The molecule has 6 nitrogen and oxygen atoms in total. The number of pyridine rings is 2. The van der Waals surface area contributed by atoms with Crippen molar-refractivity contribution in [1.82, 2.24) is 9.97 Å². The highest BCUT2D eigenvalue weighted by molar-refractivity contribution is 5.94. The minimum atomic E-state index is -1.17. The van der Waals surface area contributed by atoms with Crippen molar-refractivity contribution in [2.24, 2.45) is 5.73 Å². The van der Waals surface area contributed by atoms with Gasteiger partial charge >= 0.3 is 0 Å². The van der Waals surface area contributed by atoms with E-state index >= 15 is 0 Å². The van der Waals surface area contributed by atoms with Crippen LogP contribution >= 0.6 is 0 Å². The van der Waals surface area contributed by atoms with Crippen molar-refractivity contribution >= 4 is 28.3 Å². The molecule has 0 unspecified atom stereocenters. The number of amides is 1. The predicted octanol–water partition coefficient (Wildman–Crippen LogP) is 3.87. The standard InChI is InChI=1S/C22H17F2N5O/c23-15-9-14(10-16(24)20(15)21(26)30)19-6-4-17(25)22(29-19)28-11-12-3-5-18-13(8-12)2-1-7-27-18/h1-10H,11,25H2,(H2,26,30)(H,28,29). The van der Waals surface area contributed by atoms with E-state index in [-0.39, 0.29) is 5.56 Å². The zero-order chi connectivity index (χ0) is 21.3. The molecular weight excluding hydrogens is 388 g/mol. The van der Waals surface area contributed by atoms with Gasteiger partial charge in [0, 0.05) is 23.7 Å². The normalized spacial score (nSPS) is 10.9. The van der Waals surface area contributed by atoms with Gasteiger partial charge in [0.25, 0.3) is 5.91 Å². The van der Waals surface area contributed by atoms with Gasteiger partial charge in [-0.1, -0.05) is 12.1 Å². The van der Waals surface area contributed by atoms with E-state index < -0.39 is 23.1 Å². The van der Waals surface area contributed by atoms with Crippen molar-refractivity contribution in [3.05, 3.63) is 83.6 Å². The number of hydrogen-bond donors (Lipinski definition) is 3. The van der Waals surface area contributed by atoms with Crippen LogP contribution in [0.25, 0.3) is 22.2 Å². The highest BCUT2D eigenvalue weighted by Crippen LogP contribution is 2.27. The molecule has 2 aromatic heterocycles. The van der Waals surface area contributed by atoms with Crippen molar-refractivity contribution in [1.29, 1.82) is 0 Å². The Balaban J connectivity index is 1.61. The van der Waals surface area contributed by atoms with Crippen LogP contribution < -0.4 is 16.8 Å². The maximum atomic E-state index is 14.1.